The number of nitrogens with zero attached hydrogens (tertiary/aromatic N) is 2. The molecule has 0 radical (unpaired) electrons. The van der Waals surface area contributed by atoms with E-state index in [4.69, 9.17) is 0 Å². The van der Waals surface area contributed by atoms with Crippen molar-refractivity contribution in [1.82, 2.24) is 5.32 Å². The van der Waals surface area contributed by atoms with Crippen LogP contribution in [-0.2, 0) is 20.5 Å². The van der Waals surface area contributed by atoms with Gasteiger partial charge in [-0.3, -0.25) is 19.7 Å². The average molecular weight is 403 g/mol. The van der Waals surface area contributed by atoms with Crippen LogP contribution in [0.2, 0.25) is 0 Å². The molecule has 1 fully saturated rings. The van der Waals surface area contributed by atoms with Gasteiger partial charge in [0.2, 0.25) is 5.91 Å². The van der Waals surface area contributed by atoms with E-state index in [2.05, 4.69) is 10.1 Å². The van der Waals surface area contributed by atoms with Gasteiger partial charge >= 0.3 is 12.1 Å². The van der Waals surface area contributed by atoms with Gasteiger partial charge in [0.1, 0.15) is 5.69 Å². The molecule has 154 valence electrons. The Morgan fingerprint density at radius 1 is 1.32 bits per heavy atom. The third kappa shape index (κ3) is 5.33. The summed E-state index contributed by atoms with van der Waals surface area (Å²) in [5, 5.41) is 13.9. The van der Waals surface area contributed by atoms with Crippen LogP contribution in [0.3, 0.4) is 0 Å². The smallest absolute Gasteiger partial charge is 0.416 e. The molecule has 1 aromatic carbocycles. The van der Waals surface area contributed by atoms with Gasteiger partial charge in [0.05, 0.1) is 24.0 Å². The van der Waals surface area contributed by atoms with Gasteiger partial charge < -0.3 is 15.0 Å². The standard InChI is InChI=1S/C17H20F3N3O5/c1-28-15(24)4-7-21-16(25)11-5-8-22(9-6-11)13-3-2-12(17(18,19)20)10-14(13)23(26)27/h2-3,10-11H,4-9H2,1H3,(H,21,25). The maximum absolute atomic E-state index is 12.8. The second-order valence-electron chi connectivity index (χ2n) is 6.34. The van der Waals surface area contributed by atoms with Crippen molar-refractivity contribution in [3.63, 3.8) is 0 Å². The molecule has 0 aromatic heterocycles. The van der Waals surface area contributed by atoms with Crippen LogP contribution in [0.4, 0.5) is 24.5 Å². The Bertz CT molecular complexity index is 746. The first-order chi connectivity index (χ1) is 13.1. The quantitative estimate of drug-likeness (QED) is 0.445. The summed E-state index contributed by atoms with van der Waals surface area (Å²) in [5.41, 5.74) is -1.60. The summed E-state index contributed by atoms with van der Waals surface area (Å²) < 4.78 is 42.9. The Morgan fingerprint density at radius 3 is 2.50 bits per heavy atom. The summed E-state index contributed by atoms with van der Waals surface area (Å²) in [6.45, 7) is 0.735. The molecule has 2 rings (SSSR count). The van der Waals surface area contributed by atoms with Gasteiger partial charge in [-0.05, 0) is 25.0 Å². The van der Waals surface area contributed by atoms with Crippen molar-refractivity contribution in [2.45, 2.75) is 25.4 Å². The minimum Gasteiger partial charge on any atom is -0.469 e. The average Bonchev–Trinajstić information content (AvgIpc) is 2.66. The number of methoxy groups -OCH3 is 1. The first-order valence-electron chi connectivity index (χ1n) is 8.58. The predicted octanol–water partition coefficient (Wildman–Crippen LogP) is 2.51. The Morgan fingerprint density at radius 2 is 1.96 bits per heavy atom. The minimum absolute atomic E-state index is 0.0544. The van der Waals surface area contributed by atoms with Gasteiger partial charge in [0, 0.05) is 31.6 Å². The summed E-state index contributed by atoms with van der Waals surface area (Å²) in [5.74, 6) is -1.00. The summed E-state index contributed by atoms with van der Waals surface area (Å²) in [6, 6.07) is 2.44. The number of anilines is 1. The molecule has 1 amide bonds. The van der Waals surface area contributed by atoms with Gasteiger partial charge in [-0.1, -0.05) is 0 Å². The molecule has 1 N–H and O–H groups in total. The highest BCUT2D eigenvalue weighted by molar-refractivity contribution is 5.80. The molecule has 28 heavy (non-hydrogen) atoms. The molecular formula is C17H20F3N3O5. The molecular weight excluding hydrogens is 383 g/mol. The summed E-state index contributed by atoms with van der Waals surface area (Å²) in [4.78, 5) is 35.2. The van der Waals surface area contributed by atoms with Crippen molar-refractivity contribution in [3.8, 4) is 0 Å². The SMILES string of the molecule is COC(=O)CCNC(=O)C1CCN(c2ccc(C(F)(F)F)cc2[N+](=O)[O-])CC1. The zero-order chi connectivity index (χ0) is 20.9. The highest BCUT2D eigenvalue weighted by Crippen LogP contribution is 2.37. The van der Waals surface area contributed by atoms with Gasteiger partial charge in [0.15, 0.2) is 0 Å². The first kappa shape index (κ1) is 21.5. The van der Waals surface area contributed by atoms with Crippen LogP contribution < -0.4 is 10.2 Å². The summed E-state index contributed by atoms with van der Waals surface area (Å²) >= 11 is 0. The van der Waals surface area contributed by atoms with E-state index in [1.807, 2.05) is 0 Å². The van der Waals surface area contributed by atoms with Crippen LogP contribution in [0.15, 0.2) is 18.2 Å². The molecule has 1 saturated heterocycles. The van der Waals surface area contributed by atoms with E-state index < -0.39 is 28.3 Å². The van der Waals surface area contributed by atoms with Crippen LogP contribution in [0.5, 0.6) is 0 Å². The number of nitro benzene ring substituents is 1. The molecule has 1 aromatic rings. The third-order valence-corrected chi connectivity index (χ3v) is 4.56. The van der Waals surface area contributed by atoms with Gasteiger partial charge in [-0.15, -0.1) is 0 Å². The van der Waals surface area contributed by atoms with Gasteiger partial charge in [0.25, 0.3) is 5.69 Å². The second-order valence-corrected chi connectivity index (χ2v) is 6.34. The number of nitro groups is 1. The van der Waals surface area contributed by atoms with Gasteiger partial charge in [-0.2, -0.15) is 13.2 Å². The number of carbonyl (C=O) groups excluding carboxylic acids is 2. The van der Waals surface area contributed by atoms with E-state index >= 15 is 0 Å². The summed E-state index contributed by atoms with van der Waals surface area (Å²) in [7, 11) is 1.25. The van der Waals surface area contributed by atoms with E-state index in [9.17, 15) is 32.9 Å². The van der Waals surface area contributed by atoms with Crippen LogP contribution in [0.1, 0.15) is 24.8 Å². The zero-order valence-corrected chi connectivity index (χ0v) is 15.1. The van der Waals surface area contributed by atoms with E-state index in [1.54, 1.807) is 4.90 Å². The second kappa shape index (κ2) is 8.89. The lowest BCUT2D eigenvalue weighted by Gasteiger charge is -2.32. The molecule has 0 bridgehead atoms. The number of esters is 1. The number of nitrogens with one attached hydrogen (secondary N) is 1. The maximum Gasteiger partial charge on any atom is 0.416 e. The Labute approximate surface area is 158 Å². The van der Waals surface area contributed by atoms with Crippen molar-refractivity contribution in [2.75, 3.05) is 31.6 Å². The number of halogens is 3. The van der Waals surface area contributed by atoms with E-state index in [0.717, 1.165) is 12.1 Å². The molecule has 1 aliphatic rings. The number of ether oxygens (including phenoxy) is 1. The predicted molar refractivity (Wildman–Crippen MR) is 92.7 cm³/mol. The van der Waals surface area contributed by atoms with E-state index in [0.29, 0.717) is 32.0 Å². The molecule has 0 unspecified atom stereocenters. The molecule has 1 heterocycles. The van der Waals surface area contributed by atoms with Crippen molar-refractivity contribution in [3.05, 3.63) is 33.9 Å². The fourth-order valence-corrected chi connectivity index (χ4v) is 3.03. The number of hydrogen-bond acceptors (Lipinski definition) is 6. The maximum atomic E-state index is 12.8. The molecule has 0 aliphatic carbocycles. The Balaban J connectivity index is 2.00. The zero-order valence-electron chi connectivity index (χ0n) is 15.1. The number of alkyl halides is 3. The third-order valence-electron chi connectivity index (χ3n) is 4.56. The number of hydrogen-bond donors (Lipinski definition) is 1. The lowest BCUT2D eigenvalue weighted by Crippen LogP contribution is -2.41. The number of amides is 1. The fraction of sp³-hybridized carbons (Fsp3) is 0.529. The monoisotopic (exact) mass is 403 g/mol. The van der Waals surface area contributed by atoms with E-state index in [-0.39, 0.29) is 30.5 Å². The molecule has 0 saturated carbocycles. The first-order valence-corrected chi connectivity index (χ1v) is 8.58. The van der Waals surface area contributed by atoms with Gasteiger partial charge in [-0.25, -0.2) is 0 Å². The highest BCUT2D eigenvalue weighted by atomic mass is 19.4. The summed E-state index contributed by atoms with van der Waals surface area (Å²) in [6.07, 6.45) is -3.83. The number of benzene rings is 1. The van der Waals surface area contributed by atoms with Crippen LogP contribution in [0.25, 0.3) is 0 Å². The topological polar surface area (TPSA) is 102 Å². The molecule has 0 atom stereocenters. The largest absolute Gasteiger partial charge is 0.469 e. The number of carbonyl (C=O) groups is 2. The van der Waals surface area contributed by atoms with Crippen molar-refractivity contribution in [2.24, 2.45) is 5.92 Å². The molecule has 1 aliphatic heterocycles. The lowest BCUT2D eigenvalue weighted by atomic mass is 9.95. The lowest BCUT2D eigenvalue weighted by molar-refractivity contribution is -0.384. The fourth-order valence-electron chi connectivity index (χ4n) is 3.03. The minimum atomic E-state index is -4.67. The van der Waals surface area contributed by atoms with Crippen LogP contribution >= 0.6 is 0 Å². The van der Waals surface area contributed by atoms with Crippen molar-refractivity contribution < 1.29 is 32.4 Å². The Kier molecular flexibility index (Phi) is 6.81. The normalized spacial score (nSPS) is 15.2. The highest BCUT2D eigenvalue weighted by Gasteiger charge is 2.34. The molecule has 0 spiro atoms. The van der Waals surface area contributed by atoms with Crippen molar-refractivity contribution >= 4 is 23.3 Å². The van der Waals surface area contributed by atoms with E-state index in [1.165, 1.54) is 7.11 Å². The molecule has 8 nitrogen and oxygen atoms in total. The van der Waals surface area contributed by atoms with Crippen molar-refractivity contribution in [1.29, 1.82) is 0 Å². The Hall–Kier alpha value is -2.85. The number of piperidine rings is 1. The van der Waals surface area contributed by atoms with Crippen LogP contribution in [-0.4, -0.2) is 43.5 Å². The number of rotatable bonds is 6. The molecule has 11 heteroatoms. The van der Waals surface area contributed by atoms with Crippen LogP contribution in [0, 0.1) is 16.0 Å².